The first-order valence-corrected chi connectivity index (χ1v) is 10.6. The van der Waals surface area contributed by atoms with E-state index in [0.717, 1.165) is 77.1 Å². The maximum Gasteiger partial charge on any atom is 0.394 e. The summed E-state index contributed by atoms with van der Waals surface area (Å²) in [6.45, 7) is 3.47. The van der Waals surface area contributed by atoms with Gasteiger partial charge in [0.05, 0.1) is 5.60 Å². The number of hydrogen-bond acceptors (Lipinski definition) is 4. The first-order valence-electron chi connectivity index (χ1n) is 10.6. The fourth-order valence-electron chi connectivity index (χ4n) is 4.76. The molecule has 2 N–H and O–H groups in total. The Morgan fingerprint density at radius 3 is 2.54 bits per heavy atom. The molecule has 2 fully saturated rings. The molecule has 1 aliphatic heterocycles. The molecule has 1 heterocycles. The zero-order valence-electron chi connectivity index (χ0n) is 17.1. The Morgan fingerprint density at radius 1 is 1.25 bits per heavy atom. The average molecular weight is 397 g/mol. The Hall–Kier alpha value is -1.24. The molecule has 1 saturated carbocycles. The quantitative estimate of drug-likeness (QED) is 0.727. The number of nitrogens with one attached hydrogen (secondary N) is 1. The van der Waals surface area contributed by atoms with Gasteiger partial charge in [0, 0.05) is 25.4 Å². The molecular weight excluding hydrogens is 362 g/mol. The molecule has 1 aromatic rings. The van der Waals surface area contributed by atoms with Gasteiger partial charge in [-0.25, -0.2) is 0 Å². The van der Waals surface area contributed by atoms with Gasteiger partial charge >= 0.3 is 6.11 Å². The summed E-state index contributed by atoms with van der Waals surface area (Å²) >= 11 is 0. The van der Waals surface area contributed by atoms with Gasteiger partial charge in [-0.3, -0.25) is 0 Å². The maximum atomic E-state index is 13.3. The van der Waals surface area contributed by atoms with Crippen LogP contribution >= 0.6 is 0 Å². The van der Waals surface area contributed by atoms with Crippen molar-refractivity contribution in [2.24, 2.45) is 0 Å². The zero-order chi connectivity index (χ0) is 20.2. The van der Waals surface area contributed by atoms with Crippen LogP contribution in [0.25, 0.3) is 0 Å². The van der Waals surface area contributed by atoms with E-state index < -0.39 is 11.7 Å². The van der Waals surface area contributed by atoms with Gasteiger partial charge < -0.3 is 20.1 Å². The van der Waals surface area contributed by atoms with Crippen LogP contribution in [0.15, 0.2) is 24.3 Å². The number of alkyl halides is 2. The molecule has 1 saturated heterocycles. The lowest BCUT2D eigenvalue weighted by Crippen LogP contribution is -2.48. The lowest BCUT2D eigenvalue weighted by atomic mass is 9.72. The highest BCUT2D eigenvalue weighted by Gasteiger charge is 2.40. The van der Waals surface area contributed by atoms with Crippen LogP contribution in [-0.2, 0) is 0 Å². The number of piperidine rings is 1. The van der Waals surface area contributed by atoms with E-state index in [4.69, 9.17) is 4.74 Å². The molecular formula is C22H34F2N2O2. The molecule has 0 aromatic heterocycles. The van der Waals surface area contributed by atoms with Crippen molar-refractivity contribution in [3.05, 3.63) is 29.8 Å². The highest BCUT2D eigenvalue weighted by atomic mass is 19.3. The molecule has 1 aliphatic carbocycles. The largest absolute Gasteiger partial charge is 0.433 e. The third-order valence-corrected chi connectivity index (χ3v) is 6.36. The number of likely N-dealkylation sites (tertiary alicyclic amines) is 1. The molecule has 0 bridgehead atoms. The van der Waals surface area contributed by atoms with Crippen molar-refractivity contribution in [1.29, 1.82) is 0 Å². The van der Waals surface area contributed by atoms with Crippen LogP contribution in [0.3, 0.4) is 0 Å². The van der Waals surface area contributed by atoms with E-state index in [2.05, 4.69) is 10.2 Å². The van der Waals surface area contributed by atoms with Crippen LogP contribution in [0.4, 0.5) is 8.78 Å². The summed E-state index contributed by atoms with van der Waals surface area (Å²) in [4.78, 5) is 2.41. The standard InChI is InChI=1S/C22H34F2N2O2/c1-21(23,24)28-19-8-6-7-17(15-19)20(22(27)11-4-3-5-12-22)16-26-13-9-18(25-2)10-14-26/h6-8,15,18,20,25,27H,3-5,9-14,16H2,1-2H3/t20-/m1/s1. The van der Waals surface area contributed by atoms with E-state index in [1.807, 2.05) is 13.1 Å². The summed E-state index contributed by atoms with van der Waals surface area (Å²) in [5.41, 5.74) is 0.104. The summed E-state index contributed by atoms with van der Waals surface area (Å²) in [7, 11) is 2.00. The van der Waals surface area contributed by atoms with Crippen LogP contribution in [0.5, 0.6) is 5.75 Å². The van der Waals surface area contributed by atoms with Crippen molar-refractivity contribution in [2.75, 3.05) is 26.7 Å². The van der Waals surface area contributed by atoms with Gasteiger partial charge in [-0.05, 0) is 63.5 Å². The van der Waals surface area contributed by atoms with E-state index >= 15 is 0 Å². The Labute approximate surface area is 167 Å². The van der Waals surface area contributed by atoms with Gasteiger partial charge in [-0.1, -0.05) is 31.4 Å². The third kappa shape index (κ3) is 5.65. The normalized spacial score (nSPS) is 22.8. The molecule has 158 valence electrons. The van der Waals surface area contributed by atoms with Crippen LogP contribution in [0, 0.1) is 0 Å². The topological polar surface area (TPSA) is 44.7 Å². The summed E-state index contributed by atoms with van der Waals surface area (Å²) in [6, 6.07) is 7.49. The molecule has 4 nitrogen and oxygen atoms in total. The van der Waals surface area contributed by atoms with E-state index in [-0.39, 0.29) is 11.7 Å². The van der Waals surface area contributed by atoms with Crippen molar-refractivity contribution in [3.8, 4) is 5.75 Å². The Balaban J connectivity index is 1.81. The van der Waals surface area contributed by atoms with Crippen LogP contribution in [-0.4, -0.2) is 54.4 Å². The first-order chi connectivity index (χ1) is 13.3. The molecule has 0 unspecified atom stereocenters. The number of benzene rings is 1. The van der Waals surface area contributed by atoms with E-state index in [0.29, 0.717) is 6.04 Å². The smallest absolute Gasteiger partial charge is 0.394 e. The Bertz CT molecular complexity index is 621. The lowest BCUT2D eigenvalue weighted by Gasteiger charge is -2.43. The second-order valence-corrected chi connectivity index (χ2v) is 8.56. The van der Waals surface area contributed by atoms with E-state index in [9.17, 15) is 13.9 Å². The van der Waals surface area contributed by atoms with Crippen LogP contribution < -0.4 is 10.1 Å². The Kier molecular flexibility index (Phi) is 6.94. The van der Waals surface area contributed by atoms with Crippen molar-refractivity contribution in [1.82, 2.24) is 10.2 Å². The summed E-state index contributed by atoms with van der Waals surface area (Å²) in [5.74, 6) is 0.0521. The third-order valence-electron chi connectivity index (χ3n) is 6.36. The SMILES string of the molecule is CNC1CCN(C[C@H](c2cccc(OC(C)(F)F)c2)C2(O)CCCCC2)CC1. The molecule has 0 amide bonds. The van der Waals surface area contributed by atoms with Gasteiger partial charge in [0.2, 0.25) is 0 Å². The van der Waals surface area contributed by atoms with Gasteiger partial charge in [-0.15, -0.1) is 0 Å². The second-order valence-electron chi connectivity index (χ2n) is 8.56. The number of ether oxygens (including phenoxy) is 1. The minimum atomic E-state index is -3.22. The minimum Gasteiger partial charge on any atom is -0.433 e. The second kappa shape index (κ2) is 9.06. The molecule has 2 aliphatic rings. The number of hydrogen-bond donors (Lipinski definition) is 2. The predicted molar refractivity (Wildman–Crippen MR) is 107 cm³/mol. The van der Waals surface area contributed by atoms with Crippen molar-refractivity contribution in [2.45, 2.75) is 75.5 Å². The highest BCUT2D eigenvalue weighted by molar-refractivity contribution is 5.33. The molecule has 28 heavy (non-hydrogen) atoms. The Morgan fingerprint density at radius 2 is 1.93 bits per heavy atom. The lowest BCUT2D eigenvalue weighted by molar-refractivity contribution is -0.159. The number of rotatable bonds is 7. The molecule has 1 aromatic carbocycles. The summed E-state index contributed by atoms with van der Waals surface area (Å²) in [6.07, 6.45) is 3.66. The average Bonchev–Trinajstić information content (AvgIpc) is 2.66. The fourth-order valence-corrected chi connectivity index (χ4v) is 4.76. The zero-order valence-corrected chi connectivity index (χ0v) is 17.1. The molecule has 0 radical (unpaired) electrons. The maximum absolute atomic E-state index is 13.3. The summed E-state index contributed by atoms with van der Waals surface area (Å²) in [5, 5.41) is 14.9. The van der Waals surface area contributed by atoms with Gasteiger partial charge in [0.15, 0.2) is 0 Å². The number of halogens is 2. The predicted octanol–water partition coefficient (Wildman–Crippen LogP) is 4.14. The highest BCUT2D eigenvalue weighted by Crippen LogP contribution is 2.41. The monoisotopic (exact) mass is 396 g/mol. The van der Waals surface area contributed by atoms with Crippen molar-refractivity contribution < 1.29 is 18.6 Å². The van der Waals surface area contributed by atoms with Gasteiger partial charge in [0.25, 0.3) is 0 Å². The van der Waals surface area contributed by atoms with Crippen molar-refractivity contribution >= 4 is 0 Å². The molecule has 0 spiro atoms. The van der Waals surface area contributed by atoms with Gasteiger partial charge in [-0.2, -0.15) is 8.78 Å². The number of nitrogens with zero attached hydrogens (tertiary/aromatic N) is 1. The summed E-state index contributed by atoms with van der Waals surface area (Å²) < 4.78 is 31.5. The minimum absolute atomic E-state index is 0.104. The van der Waals surface area contributed by atoms with Crippen molar-refractivity contribution in [3.63, 3.8) is 0 Å². The van der Waals surface area contributed by atoms with Gasteiger partial charge in [0.1, 0.15) is 5.75 Å². The first kappa shape index (κ1) is 21.5. The molecule has 1 atom stereocenters. The fraction of sp³-hybridized carbons (Fsp3) is 0.727. The van der Waals surface area contributed by atoms with E-state index in [1.54, 1.807) is 18.2 Å². The van der Waals surface area contributed by atoms with E-state index in [1.165, 1.54) is 0 Å². The molecule has 3 rings (SSSR count). The molecule has 6 heteroatoms. The van der Waals surface area contributed by atoms with Crippen LogP contribution in [0.2, 0.25) is 0 Å². The number of aliphatic hydroxyl groups is 1. The van der Waals surface area contributed by atoms with Crippen LogP contribution in [0.1, 0.15) is 63.4 Å².